The molecular formula is C21H22F2N2O5S. The van der Waals surface area contributed by atoms with Gasteiger partial charge in [0.15, 0.2) is 0 Å². The molecule has 0 atom stereocenters. The van der Waals surface area contributed by atoms with Gasteiger partial charge in [0.1, 0.15) is 28.0 Å². The predicted octanol–water partition coefficient (Wildman–Crippen LogP) is 2.53. The molecule has 0 aromatic heterocycles. The van der Waals surface area contributed by atoms with Crippen molar-refractivity contribution in [3.63, 3.8) is 0 Å². The Morgan fingerprint density at radius 3 is 2.32 bits per heavy atom. The Kier molecular flexibility index (Phi) is 6.91. The van der Waals surface area contributed by atoms with Crippen LogP contribution in [0.1, 0.15) is 5.56 Å². The zero-order chi connectivity index (χ0) is 22.6. The molecule has 1 aliphatic heterocycles. The number of amides is 1. The minimum absolute atomic E-state index is 0.00120. The Morgan fingerprint density at radius 2 is 1.71 bits per heavy atom. The molecule has 7 nitrogen and oxygen atoms in total. The largest absolute Gasteiger partial charge is 0.497 e. The highest BCUT2D eigenvalue weighted by Gasteiger charge is 2.31. The van der Waals surface area contributed by atoms with Crippen LogP contribution in [0.5, 0.6) is 11.5 Å². The van der Waals surface area contributed by atoms with Gasteiger partial charge in [0.05, 0.1) is 14.2 Å². The molecule has 0 aliphatic carbocycles. The van der Waals surface area contributed by atoms with Gasteiger partial charge < -0.3 is 14.4 Å². The zero-order valence-corrected chi connectivity index (χ0v) is 17.9. The van der Waals surface area contributed by atoms with Gasteiger partial charge in [-0.05, 0) is 36.4 Å². The van der Waals surface area contributed by atoms with E-state index in [2.05, 4.69) is 0 Å². The Labute approximate surface area is 179 Å². The van der Waals surface area contributed by atoms with Gasteiger partial charge in [0.2, 0.25) is 15.9 Å². The molecule has 1 saturated heterocycles. The minimum atomic E-state index is -4.13. The van der Waals surface area contributed by atoms with E-state index in [0.717, 1.165) is 16.4 Å². The Balaban J connectivity index is 1.67. The van der Waals surface area contributed by atoms with Gasteiger partial charge in [-0.1, -0.05) is 0 Å². The van der Waals surface area contributed by atoms with E-state index in [9.17, 15) is 22.0 Å². The van der Waals surface area contributed by atoms with Crippen LogP contribution in [0.2, 0.25) is 0 Å². The van der Waals surface area contributed by atoms with E-state index in [1.807, 2.05) is 0 Å². The van der Waals surface area contributed by atoms with E-state index in [4.69, 9.17) is 9.47 Å². The van der Waals surface area contributed by atoms with Gasteiger partial charge in [-0.3, -0.25) is 4.79 Å². The summed E-state index contributed by atoms with van der Waals surface area (Å²) in [6, 6.07) is 7.52. The first-order valence-electron chi connectivity index (χ1n) is 9.40. The van der Waals surface area contributed by atoms with Crippen LogP contribution in [0.3, 0.4) is 0 Å². The topological polar surface area (TPSA) is 76.2 Å². The molecule has 166 valence electrons. The molecule has 3 rings (SSSR count). The second kappa shape index (κ2) is 9.44. The number of methoxy groups -OCH3 is 2. The molecule has 0 spiro atoms. The number of hydrogen-bond donors (Lipinski definition) is 0. The molecule has 31 heavy (non-hydrogen) atoms. The van der Waals surface area contributed by atoms with E-state index in [-0.39, 0.29) is 32.1 Å². The number of benzene rings is 2. The highest BCUT2D eigenvalue weighted by Crippen LogP contribution is 2.25. The summed E-state index contributed by atoms with van der Waals surface area (Å²) >= 11 is 0. The number of rotatable bonds is 6. The van der Waals surface area contributed by atoms with E-state index in [0.29, 0.717) is 23.1 Å². The van der Waals surface area contributed by atoms with Crippen LogP contribution in [0, 0.1) is 11.6 Å². The summed E-state index contributed by atoms with van der Waals surface area (Å²) < 4.78 is 63.9. The smallest absolute Gasteiger partial charge is 0.246 e. The normalized spacial score (nSPS) is 15.3. The first kappa shape index (κ1) is 22.7. The van der Waals surface area contributed by atoms with E-state index in [1.165, 1.54) is 25.2 Å². The summed E-state index contributed by atoms with van der Waals surface area (Å²) in [5, 5.41) is 0. The van der Waals surface area contributed by atoms with Crippen molar-refractivity contribution in [2.75, 3.05) is 40.4 Å². The van der Waals surface area contributed by atoms with Gasteiger partial charge in [-0.2, -0.15) is 4.31 Å². The fourth-order valence-corrected chi connectivity index (χ4v) is 4.68. The molecule has 0 bridgehead atoms. The van der Waals surface area contributed by atoms with Gasteiger partial charge >= 0.3 is 0 Å². The van der Waals surface area contributed by atoms with E-state index < -0.39 is 26.6 Å². The van der Waals surface area contributed by atoms with Crippen molar-refractivity contribution in [3.8, 4) is 11.5 Å². The standard InChI is InChI=1S/C21H22F2N2O5S/c1-29-17-5-6-19(30-2)15(13-17)3-8-21(26)24-9-11-25(12-10-24)31(27,28)20-7-4-16(22)14-18(20)23/h3-8,13-14H,9-12H2,1-2H3/b8-3+. The number of hydrogen-bond acceptors (Lipinski definition) is 5. The number of sulfonamides is 1. The molecule has 2 aromatic carbocycles. The van der Waals surface area contributed by atoms with E-state index >= 15 is 0 Å². The zero-order valence-electron chi connectivity index (χ0n) is 17.0. The molecule has 2 aromatic rings. The lowest BCUT2D eigenvalue weighted by Gasteiger charge is -2.33. The first-order chi connectivity index (χ1) is 14.8. The van der Waals surface area contributed by atoms with Crippen molar-refractivity contribution in [2.24, 2.45) is 0 Å². The van der Waals surface area contributed by atoms with Crippen LogP contribution in [-0.4, -0.2) is 63.9 Å². The quantitative estimate of drug-likeness (QED) is 0.630. The number of halogens is 2. The number of ether oxygens (including phenoxy) is 2. The monoisotopic (exact) mass is 452 g/mol. The summed E-state index contributed by atoms with van der Waals surface area (Å²) in [5.41, 5.74) is 0.656. The Hall–Kier alpha value is -2.98. The fourth-order valence-electron chi connectivity index (χ4n) is 3.21. The maximum atomic E-state index is 13.9. The minimum Gasteiger partial charge on any atom is -0.497 e. The van der Waals surface area contributed by atoms with Crippen molar-refractivity contribution in [3.05, 3.63) is 59.7 Å². The molecule has 1 fully saturated rings. The summed E-state index contributed by atoms with van der Waals surface area (Å²) in [6.45, 7) is 0.281. The molecule has 0 radical (unpaired) electrons. The van der Waals surface area contributed by atoms with Crippen molar-refractivity contribution < 1.29 is 31.5 Å². The van der Waals surface area contributed by atoms with E-state index in [1.54, 1.807) is 24.3 Å². The highest BCUT2D eigenvalue weighted by atomic mass is 32.2. The molecule has 1 aliphatic rings. The van der Waals surface area contributed by atoms with Crippen LogP contribution in [0.15, 0.2) is 47.4 Å². The third-order valence-corrected chi connectivity index (χ3v) is 6.84. The Morgan fingerprint density at radius 1 is 1.00 bits per heavy atom. The first-order valence-corrected chi connectivity index (χ1v) is 10.8. The van der Waals surface area contributed by atoms with Gasteiger partial charge in [-0.15, -0.1) is 0 Å². The molecule has 0 unspecified atom stereocenters. The summed E-state index contributed by atoms with van der Waals surface area (Å²) in [5.74, 6) is -1.11. The maximum Gasteiger partial charge on any atom is 0.246 e. The van der Waals surface area contributed by atoms with Crippen LogP contribution in [0.25, 0.3) is 6.08 Å². The lowest BCUT2D eigenvalue weighted by molar-refractivity contribution is -0.127. The average molecular weight is 452 g/mol. The van der Waals surface area contributed by atoms with Gasteiger partial charge in [0, 0.05) is 43.9 Å². The van der Waals surface area contributed by atoms with Crippen molar-refractivity contribution in [1.82, 2.24) is 9.21 Å². The van der Waals surface area contributed by atoms with Crippen LogP contribution in [0.4, 0.5) is 8.78 Å². The van der Waals surface area contributed by atoms with Crippen molar-refractivity contribution >= 4 is 22.0 Å². The second-order valence-corrected chi connectivity index (χ2v) is 8.65. The second-order valence-electron chi connectivity index (χ2n) is 6.75. The highest BCUT2D eigenvalue weighted by molar-refractivity contribution is 7.89. The summed E-state index contributed by atoms with van der Waals surface area (Å²) in [4.78, 5) is 13.5. The lowest BCUT2D eigenvalue weighted by atomic mass is 10.1. The molecular weight excluding hydrogens is 430 g/mol. The van der Waals surface area contributed by atoms with Crippen molar-refractivity contribution in [2.45, 2.75) is 4.90 Å². The molecule has 1 amide bonds. The number of nitrogens with zero attached hydrogens (tertiary/aromatic N) is 2. The molecule has 0 N–H and O–H groups in total. The molecule has 0 saturated carbocycles. The molecule has 10 heteroatoms. The number of carbonyl (C=O) groups is 1. The Bertz CT molecular complexity index is 1100. The van der Waals surface area contributed by atoms with Crippen molar-refractivity contribution in [1.29, 1.82) is 0 Å². The number of carbonyl (C=O) groups excluding carboxylic acids is 1. The summed E-state index contributed by atoms with van der Waals surface area (Å²) in [7, 11) is -1.07. The fraction of sp³-hybridized carbons (Fsp3) is 0.286. The van der Waals surface area contributed by atoms with Crippen LogP contribution < -0.4 is 9.47 Å². The van der Waals surface area contributed by atoms with Gasteiger partial charge in [-0.25, -0.2) is 17.2 Å². The average Bonchev–Trinajstić information content (AvgIpc) is 2.77. The van der Waals surface area contributed by atoms with Crippen LogP contribution in [-0.2, 0) is 14.8 Å². The number of piperazine rings is 1. The lowest BCUT2D eigenvalue weighted by Crippen LogP contribution is -2.50. The molecule has 1 heterocycles. The third kappa shape index (κ3) is 5.02. The van der Waals surface area contributed by atoms with Gasteiger partial charge in [0.25, 0.3) is 0 Å². The maximum absolute atomic E-state index is 13.9. The SMILES string of the molecule is COc1ccc(OC)c(/C=C/C(=O)N2CCN(S(=O)(=O)c3ccc(F)cc3F)CC2)c1. The summed E-state index contributed by atoms with van der Waals surface area (Å²) in [6.07, 6.45) is 2.97. The van der Waals surface area contributed by atoms with Crippen LogP contribution >= 0.6 is 0 Å². The third-order valence-electron chi connectivity index (χ3n) is 4.90. The predicted molar refractivity (Wildman–Crippen MR) is 110 cm³/mol.